The molecule has 2 aliphatic carbocycles. The van der Waals surface area contributed by atoms with Crippen LogP contribution in [0.15, 0.2) is 4.99 Å². The van der Waals surface area contributed by atoms with Gasteiger partial charge in [-0.05, 0) is 32.6 Å². The fourth-order valence-corrected chi connectivity index (χ4v) is 3.80. The van der Waals surface area contributed by atoms with Crippen LogP contribution in [0.25, 0.3) is 0 Å². The van der Waals surface area contributed by atoms with Crippen molar-refractivity contribution in [2.24, 2.45) is 10.4 Å². The molecule has 2 unspecified atom stereocenters. The van der Waals surface area contributed by atoms with Gasteiger partial charge in [-0.1, -0.05) is 39.0 Å². The van der Waals surface area contributed by atoms with Gasteiger partial charge in [-0.25, -0.2) is 0 Å². The van der Waals surface area contributed by atoms with E-state index in [1.807, 2.05) is 6.92 Å². The lowest BCUT2D eigenvalue weighted by Gasteiger charge is -2.37. The number of hydrogen-bond donors (Lipinski definition) is 4. The topological polar surface area (TPSA) is 76.9 Å². The number of rotatable bonds is 5. The van der Waals surface area contributed by atoms with Crippen LogP contribution in [0.1, 0.15) is 71.6 Å². The maximum atomic E-state index is 10.6. The van der Waals surface area contributed by atoms with E-state index in [4.69, 9.17) is 4.99 Å². The van der Waals surface area contributed by atoms with Crippen LogP contribution >= 0.6 is 0 Å². The SMILES string of the molecule is CCNC(=NCC1(C)CCCCC1O)NCC1(O)CCCCC1. The van der Waals surface area contributed by atoms with E-state index < -0.39 is 5.60 Å². The second-order valence-corrected chi connectivity index (χ2v) is 7.75. The van der Waals surface area contributed by atoms with Crippen molar-refractivity contribution in [3.8, 4) is 0 Å². The van der Waals surface area contributed by atoms with Crippen LogP contribution in [0.2, 0.25) is 0 Å². The van der Waals surface area contributed by atoms with Gasteiger partial charge in [0.05, 0.1) is 18.2 Å². The first-order valence-corrected chi connectivity index (χ1v) is 9.40. The van der Waals surface area contributed by atoms with Gasteiger partial charge in [-0.2, -0.15) is 0 Å². The first-order valence-electron chi connectivity index (χ1n) is 9.40. The third-order valence-electron chi connectivity index (χ3n) is 5.59. The van der Waals surface area contributed by atoms with Gasteiger partial charge < -0.3 is 20.8 Å². The number of nitrogens with zero attached hydrogens (tertiary/aromatic N) is 1. The van der Waals surface area contributed by atoms with Crippen molar-refractivity contribution in [2.75, 3.05) is 19.6 Å². The molecule has 0 heterocycles. The van der Waals surface area contributed by atoms with Crippen molar-refractivity contribution in [3.63, 3.8) is 0 Å². The smallest absolute Gasteiger partial charge is 0.191 e. The highest BCUT2D eigenvalue weighted by molar-refractivity contribution is 5.79. The summed E-state index contributed by atoms with van der Waals surface area (Å²) < 4.78 is 0. The number of aliphatic hydroxyl groups is 2. The van der Waals surface area contributed by atoms with Crippen molar-refractivity contribution in [2.45, 2.75) is 83.3 Å². The Morgan fingerprint density at radius 1 is 1.09 bits per heavy atom. The van der Waals surface area contributed by atoms with Crippen molar-refractivity contribution in [3.05, 3.63) is 0 Å². The largest absolute Gasteiger partial charge is 0.392 e. The van der Waals surface area contributed by atoms with Crippen molar-refractivity contribution in [1.82, 2.24) is 10.6 Å². The molecule has 0 aromatic rings. The van der Waals surface area contributed by atoms with Crippen molar-refractivity contribution < 1.29 is 10.2 Å². The predicted octanol–water partition coefficient (Wildman–Crippen LogP) is 2.18. The number of guanidine groups is 1. The quantitative estimate of drug-likeness (QED) is 0.461. The molecule has 134 valence electrons. The average Bonchev–Trinajstić information content (AvgIpc) is 2.54. The Morgan fingerprint density at radius 2 is 1.78 bits per heavy atom. The van der Waals surface area contributed by atoms with Crippen LogP contribution in [-0.4, -0.2) is 47.5 Å². The summed E-state index contributed by atoms with van der Waals surface area (Å²) in [6.45, 7) is 6.16. The van der Waals surface area contributed by atoms with Crippen LogP contribution < -0.4 is 10.6 Å². The Bertz CT molecular complexity index is 394. The molecule has 0 bridgehead atoms. The van der Waals surface area contributed by atoms with E-state index in [9.17, 15) is 10.2 Å². The van der Waals surface area contributed by atoms with Crippen LogP contribution in [0, 0.1) is 5.41 Å². The summed E-state index contributed by atoms with van der Waals surface area (Å²) >= 11 is 0. The molecule has 0 aromatic carbocycles. The van der Waals surface area contributed by atoms with E-state index in [1.165, 1.54) is 12.8 Å². The molecular formula is C18H35N3O2. The van der Waals surface area contributed by atoms with E-state index in [2.05, 4.69) is 17.6 Å². The first-order chi connectivity index (χ1) is 11.0. The highest BCUT2D eigenvalue weighted by atomic mass is 16.3. The zero-order chi connectivity index (χ0) is 16.8. The molecule has 0 amide bonds. The van der Waals surface area contributed by atoms with E-state index in [0.29, 0.717) is 13.1 Å². The summed E-state index contributed by atoms with van der Waals surface area (Å²) in [4.78, 5) is 4.70. The van der Waals surface area contributed by atoms with Crippen molar-refractivity contribution in [1.29, 1.82) is 0 Å². The molecule has 2 saturated carbocycles. The Balaban J connectivity index is 1.91. The second kappa shape index (κ2) is 8.34. The molecule has 5 nitrogen and oxygen atoms in total. The van der Waals surface area contributed by atoms with Crippen LogP contribution in [0.4, 0.5) is 0 Å². The van der Waals surface area contributed by atoms with Gasteiger partial charge in [-0.3, -0.25) is 4.99 Å². The lowest BCUT2D eigenvalue weighted by molar-refractivity contribution is 0.00595. The van der Waals surface area contributed by atoms with Crippen molar-refractivity contribution >= 4 is 5.96 Å². The van der Waals surface area contributed by atoms with Gasteiger partial charge >= 0.3 is 0 Å². The van der Waals surface area contributed by atoms with Crippen LogP contribution in [0.3, 0.4) is 0 Å². The predicted molar refractivity (Wildman–Crippen MR) is 94.6 cm³/mol. The molecule has 0 radical (unpaired) electrons. The molecule has 0 aromatic heterocycles. The Hall–Kier alpha value is -0.810. The number of aliphatic imine (C=N–C) groups is 1. The molecule has 2 fully saturated rings. The number of nitrogens with one attached hydrogen (secondary N) is 2. The maximum Gasteiger partial charge on any atom is 0.191 e. The molecule has 2 aliphatic rings. The highest BCUT2D eigenvalue weighted by Gasteiger charge is 2.35. The van der Waals surface area contributed by atoms with Gasteiger partial charge in [0, 0.05) is 18.5 Å². The maximum absolute atomic E-state index is 10.6. The van der Waals surface area contributed by atoms with E-state index >= 15 is 0 Å². The summed E-state index contributed by atoms with van der Waals surface area (Å²) in [7, 11) is 0. The van der Waals surface area contributed by atoms with E-state index in [0.717, 1.165) is 57.5 Å². The summed E-state index contributed by atoms with van der Waals surface area (Å²) in [5.41, 5.74) is -0.717. The molecule has 23 heavy (non-hydrogen) atoms. The van der Waals surface area contributed by atoms with E-state index in [1.54, 1.807) is 0 Å². The zero-order valence-electron chi connectivity index (χ0n) is 14.9. The molecule has 0 spiro atoms. The van der Waals surface area contributed by atoms with Gasteiger partial charge in [0.1, 0.15) is 0 Å². The minimum Gasteiger partial charge on any atom is -0.392 e. The Kier molecular flexibility index (Phi) is 6.72. The third-order valence-corrected chi connectivity index (χ3v) is 5.59. The fraction of sp³-hybridized carbons (Fsp3) is 0.944. The zero-order valence-corrected chi connectivity index (χ0v) is 14.9. The normalized spacial score (nSPS) is 31.7. The summed E-state index contributed by atoms with van der Waals surface area (Å²) in [6.07, 6.45) is 9.13. The molecule has 0 aliphatic heterocycles. The first kappa shape index (κ1) is 18.5. The number of aliphatic hydroxyl groups excluding tert-OH is 1. The molecular weight excluding hydrogens is 290 g/mol. The highest BCUT2D eigenvalue weighted by Crippen LogP contribution is 2.36. The van der Waals surface area contributed by atoms with Gasteiger partial charge in [0.15, 0.2) is 5.96 Å². The standard InChI is InChI=1S/C18H35N3O2/c1-3-19-16(21-14-18(23)11-6-4-7-12-18)20-13-17(2)10-8-5-9-15(17)22/h15,22-23H,3-14H2,1-2H3,(H2,19,20,21). The minimum absolute atomic E-state index is 0.123. The van der Waals surface area contributed by atoms with Crippen LogP contribution in [0.5, 0.6) is 0 Å². The van der Waals surface area contributed by atoms with Gasteiger partial charge in [0.2, 0.25) is 0 Å². The third kappa shape index (κ3) is 5.35. The van der Waals surface area contributed by atoms with E-state index in [-0.39, 0.29) is 11.5 Å². The van der Waals surface area contributed by atoms with Gasteiger partial charge in [0.25, 0.3) is 0 Å². The fourth-order valence-electron chi connectivity index (χ4n) is 3.80. The summed E-state index contributed by atoms with van der Waals surface area (Å²) in [6, 6.07) is 0. The Labute approximate surface area is 141 Å². The lowest BCUT2D eigenvalue weighted by Crippen LogP contribution is -2.48. The van der Waals surface area contributed by atoms with Gasteiger partial charge in [-0.15, -0.1) is 0 Å². The molecule has 4 N–H and O–H groups in total. The Morgan fingerprint density at radius 3 is 2.43 bits per heavy atom. The molecule has 5 heteroatoms. The molecule has 2 atom stereocenters. The number of hydrogen-bond acceptors (Lipinski definition) is 3. The second-order valence-electron chi connectivity index (χ2n) is 7.75. The molecule has 2 rings (SSSR count). The average molecular weight is 325 g/mol. The summed E-state index contributed by atoms with van der Waals surface area (Å²) in [5, 5.41) is 27.5. The van der Waals surface area contributed by atoms with Crippen LogP contribution in [-0.2, 0) is 0 Å². The summed E-state index contributed by atoms with van der Waals surface area (Å²) in [5.74, 6) is 0.755. The molecule has 0 saturated heterocycles. The lowest BCUT2D eigenvalue weighted by atomic mass is 9.73. The monoisotopic (exact) mass is 325 g/mol. The minimum atomic E-state index is -0.595.